The van der Waals surface area contributed by atoms with E-state index >= 15 is 0 Å². The molecule has 25 heavy (non-hydrogen) atoms. The van der Waals surface area contributed by atoms with Gasteiger partial charge in [0.25, 0.3) is 0 Å². The van der Waals surface area contributed by atoms with Crippen molar-refractivity contribution < 1.29 is 18.7 Å². The van der Waals surface area contributed by atoms with Crippen LogP contribution in [0, 0.1) is 5.82 Å². The Balaban J connectivity index is 1.81. The van der Waals surface area contributed by atoms with Crippen molar-refractivity contribution in [1.29, 1.82) is 0 Å². The van der Waals surface area contributed by atoms with E-state index in [-0.39, 0.29) is 18.2 Å². The molecule has 0 aliphatic carbocycles. The van der Waals surface area contributed by atoms with Crippen molar-refractivity contribution in [1.82, 2.24) is 9.80 Å². The van der Waals surface area contributed by atoms with Gasteiger partial charge in [-0.25, -0.2) is 4.39 Å². The number of carbonyl (C=O) groups excluding carboxylic acids is 2. The molecule has 0 aromatic heterocycles. The molecule has 6 heteroatoms. The van der Waals surface area contributed by atoms with Crippen LogP contribution >= 0.6 is 0 Å². The van der Waals surface area contributed by atoms with Crippen LogP contribution < -0.4 is 0 Å². The summed E-state index contributed by atoms with van der Waals surface area (Å²) in [5.41, 5.74) is 0.982. The number of piperazine rings is 1. The first-order chi connectivity index (χ1) is 11.8. The van der Waals surface area contributed by atoms with Gasteiger partial charge < -0.3 is 9.53 Å². The number of ether oxygens (including phenoxy) is 1. The van der Waals surface area contributed by atoms with Crippen LogP contribution in [0.5, 0.6) is 0 Å². The van der Waals surface area contributed by atoms with Crippen LogP contribution in [-0.2, 0) is 27.3 Å². The summed E-state index contributed by atoms with van der Waals surface area (Å²) >= 11 is 0. The third-order valence-corrected chi connectivity index (χ3v) is 4.06. The molecule has 0 amide bonds. The van der Waals surface area contributed by atoms with E-state index < -0.39 is 5.60 Å². The van der Waals surface area contributed by atoms with Crippen molar-refractivity contribution in [3.63, 3.8) is 0 Å². The summed E-state index contributed by atoms with van der Waals surface area (Å²) in [5.74, 6) is -0.531. The van der Waals surface area contributed by atoms with E-state index in [1.165, 1.54) is 6.07 Å². The molecular formula is C19H27FN2O3. The van der Waals surface area contributed by atoms with E-state index in [0.29, 0.717) is 18.7 Å². The second kappa shape index (κ2) is 8.54. The lowest BCUT2D eigenvalue weighted by molar-refractivity contribution is -0.156. The number of hydrogen-bond acceptors (Lipinski definition) is 5. The standard InChI is InChI=1S/C19H27FN2O3/c1-19(2,3)25-18(24)14-22-9-7-21(8-10-22)13-15-4-5-17(20)16(12-15)6-11-23/h4-5,11-12H,6-10,13-14H2,1-3H3. The number of esters is 1. The minimum Gasteiger partial charge on any atom is -0.459 e. The van der Waals surface area contributed by atoms with Crippen LogP contribution in [0.1, 0.15) is 31.9 Å². The molecule has 138 valence electrons. The lowest BCUT2D eigenvalue weighted by Crippen LogP contribution is -2.48. The van der Waals surface area contributed by atoms with Crippen molar-refractivity contribution in [3.8, 4) is 0 Å². The van der Waals surface area contributed by atoms with Crippen LogP contribution in [0.3, 0.4) is 0 Å². The Hall–Kier alpha value is -1.79. The molecule has 1 aliphatic heterocycles. The molecule has 1 aromatic carbocycles. The molecule has 0 bridgehead atoms. The Kier molecular flexibility index (Phi) is 6.67. The highest BCUT2D eigenvalue weighted by Gasteiger charge is 2.22. The molecule has 1 heterocycles. The summed E-state index contributed by atoms with van der Waals surface area (Å²) in [4.78, 5) is 26.9. The maximum atomic E-state index is 13.6. The van der Waals surface area contributed by atoms with Gasteiger partial charge in [-0.1, -0.05) is 12.1 Å². The quantitative estimate of drug-likeness (QED) is 0.580. The van der Waals surface area contributed by atoms with Crippen molar-refractivity contribution in [2.75, 3.05) is 32.7 Å². The summed E-state index contributed by atoms with van der Waals surface area (Å²) in [6, 6.07) is 4.94. The predicted molar refractivity (Wildman–Crippen MR) is 93.7 cm³/mol. The van der Waals surface area contributed by atoms with Crippen LogP contribution in [0.4, 0.5) is 4.39 Å². The minimum absolute atomic E-state index is 0.101. The number of hydrogen-bond donors (Lipinski definition) is 0. The van der Waals surface area contributed by atoms with Gasteiger partial charge >= 0.3 is 5.97 Å². The average Bonchev–Trinajstić information content (AvgIpc) is 2.51. The molecule has 1 aromatic rings. The molecule has 1 fully saturated rings. The molecule has 0 spiro atoms. The van der Waals surface area contributed by atoms with Crippen LogP contribution in [0.25, 0.3) is 0 Å². The van der Waals surface area contributed by atoms with Crippen molar-refractivity contribution in [2.45, 2.75) is 39.3 Å². The Labute approximate surface area is 148 Å². The number of benzene rings is 1. The van der Waals surface area contributed by atoms with Crippen molar-refractivity contribution in [2.24, 2.45) is 0 Å². The highest BCUT2D eigenvalue weighted by atomic mass is 19.1. The molecular weight excluding hydrogens is 323 g/mol. The fraction of sp³-hybridized carbons (Fsp3) is 0.579. The second-order valence-corrected chi connectivity index (χ2v) is 7.44. The van der Waals surface area contributed by atoms with Gasteiger partial charge in [0.15, 0.2) is 0 Å². The van der Waals surface area contributed by atoms with E-state index in [9.17, 15) is 14.0 Å². The fourth-order valence-corrected chi connectivity index (χ4v) is 2.89. The first-order valence-electron chi connectivity index (χ1n) is 8.64. The Morgan fingerprint density at radius 3 is 2.44 bits per heavy atom. The lowest BCUT2D eigenvalue weighted by Gasteiger charge is -2.34. The summed E-state index contributed by atoms with van der Waals surface area (Å²) in [5, 5.41) is 0. The SMILES string of the molecule is CC(C)(C)OC(=O)CN1CCN(Cc2ccc(F)c(CC=O)c2)CC1. The number of rotatable bonds is 6. The molecule has 0 atom stereocenters. The van der Waals surface area contributed by atoms with Gasteiger partial charge in [0.05, 0.1) is 6.54 Å². The first kappa shape index (κ1) is 19.5. The zero-order chi connectivity index (χ0) is 18.4. The van der Waals surface area contributed by atoms with Gasteiger partial charge in [-0.15, -0.1) is 0 Å². The van der Waals surface area contributed by atoms with Gasteiger partial charge in [-0.3, -0.25) is 14.6 Å². The zero-order valence-electron chi connectivity index (χ0n) is 15.3. The second-order valence-electron chi connectivity index (χ2n) is 7.44. The molecule has 0 unspecified atom stereocenters. The smallest absolute Gasteiger partial charge is 0.320 e. The zero-order valence-corrected chi connectivity index (χ0v) is 15.3. The Morgan fingerprint density at radius 1 is 1.20 bits per heavy atom. The monoisotopic (exact) mass is 350 g/mol. The highest BCUT2D eigenvalue weighted by molar-refractivity contribution is 5.72. The summed E-state index contributed by atoms with van der Waals surface area (Å²) in [7, 11) is 0. The molecule has 0 radical (unpaired) electrons. The molecule has 1 saturated heterocycles. The molecule has 2 rings (SSSR count). The van der Waals surface area contributed by atoms with E-state index in [1.807, 2.05) is 20.8 Å². The summed E-state index contributed by atoms with van der Waals surface area (Å²) in [6.45, 7) is 9.88. The van der Waals surface area contributed by atoms with Gasteiger partial charge in [-0.2, -0.15) is 0 Å². The number of halogens is 1. The third kappa shape index (κ3) is 6.55. The van der Waals surface area contributed by atoms with Crippen LogP contribution in [0.2, 0.25) is 0 Å². The summed E-state index contributed by atoms with van der Waals surface area (Å²) in [6.07, 6.45) is 0.820. The average molecular weight is 350 g/mol. The van der Waals surface area contributed by atoms with E-state index in [4.69, 9.17) is 4.74 Å². The molecule has 0 N–H and O–H groups in total. The van der Waals surface area contributed by atoms with Gasteiger partial charge in [0.1, 0.15) is 17.7 Å². The molecule has 5 nitrogen and oxygen atoms in total. The largest absolute Gasteiger partial charge is 0.459 e. The van der Waals surface area contributed by atoms with Gasteiger partial charge in [0, 0.05) is 39.1 Å². The molecule has 0 saturated carbocycles. The molecule has 1 aliphatic rings. The topological polar surface area (TPSA) is 49.9 Å². The normalized spacial score (nSPS) is 16.6. The Bertz CT molecular complexity index is 605. The van der Waals surface area contributed by atoms with Gasteiger partial charge in [0.2, 0.25) is 0 Å². The maximum Gasteiger partial charge on any atom is 0.320 e. The van der Waals surface area contributed by atoms with Crippen molar-refractivity contribution in [3.05, 3.63) is 35.1 Å². The van der Waals surface area contributed by atoms with Crippen molar-refractivity contribution >= 4 is 12.3 Å². The highest BCUT2D eigenvalue weighted by Crippen LogP contribution is 2.14. The lowest BCUT2D eigenvalue weighted by atomic mass is 10.1. The number of carbonyl (C=O) groups is 2. The van der Waals surface area contributed by atoms with Crippen LogP contribution in [0.15, 0.2) is 18.2 Å². The first-order valence-corrected chi connectivity index (χ1v) is 8.64. The van der Waals surface area contributed by atoms with Gasteiger partial charge in [-0.05, 0) is 38.0 Å². The third-order valence-electron chi connectivity index (χ3n) is 4.06. The summed E-state index contributed by atoms with van der Waals surface area (Å²) < 4.78 is 19.0. The predicted octanol–water partition coefficient (Wildman–Crippen LogP) is 2.03. The Morgan fingerprint density at radius 2 is 1.84 bits per heavy atom. The number of nitrogens with zero attached hydrogens (tertiary/aromatic N) is 2. The van der Waals surface area contributed by atoms with E-state index in [0.717, 1.165) is 38.0 Å². The van der Waals surface area contributed by atoms with Crippen LogP contribution in [-0.4, -0.2) is 60.4 Å². The van der Waals surface area contributed by atoms with E-state index in [2.05, 4.69) is 9.80 Å². The number of aldehydes is 1. The van der Waals surface area contributed by atoms with E-state index in [1.54, 1.807) is 12.1 Å². The maximum absolute atomic E-state index is 13.6. The minimum atomic E-state index is -0.458. The fourth-order valence-electron chi connectivity index (χ4n) is 2.89.